The van der Waals surface area contributed by atoms with Gasteiger partial charge in [0.1, 0.15) is 21.5 Å². The van der Waals surface area contributed by atoms with Crippen LogP contribution in [0.2, 0.25) is 0 Å². The third-order valence-corrected chi connectivity index (χ3v) is 8.67. The van der Waals surface area contributed by atoms with E-state index in [-0.39, 0.29) is 11.4 Å². The molecule has 10 heteroatoms. The smallest absolute Gasteiger partial charge is 0.297 e. The quantitative estimate of drug-likeness (QED) is 0.367. The van der Waals surface area contributed by atoms with Crippen LogP contribution in [0.1, 0.15) is 58.5 Å². The van der Waals surface area contributed by atoms with Crippen molar-refractivity contribution < 1.29 is 17.7 Å². The molecule has 0 saturated heterocycles. The average Bonchev–Trinajstić information content (AvgIpc) is 3.49. The number of aryl methyl sites for hydroxylation is 3. The first-order valence-electron chi connectivity index (χ1n) is 12.3. The van der Waals surface area contributed by atoms with Crippen LogP contribution in [0.15, 0.2) is 47.6 Å². The Morgan fingerprint density at radius 2 is 1.92 bits per heavy atom. The van der Waals surface area contributed by atoms with Crippen molar-refractivity contribution in [2.24, 2.45) is 0 Å². The molecule has 1 aromatic carbocycles. The maximum Gasteiger partial charge on any atom is 0.297 e. The first-order valence-corrected chi connectivity index (χ1v) is 13.4. The highest BCUT2D eigenvalue weighted by Crippen LogP contribution is 2.45. The minimum Gasteiger partial charge on any atom is -0.469 e. The van der Waals surface area contributed by atoms with Crippen LogP contribution < -0.4 is 4.74 Å². The molecule has 0 amide bonds. The van der Waals surface area contributed by atoms with Crippen molar-refractivity contribution >= 4 is 16.6 Å². The Hall–Kier alpha value is -3.24. The first kappa shape index (κ1) is 24.1. The number of aromatic nitrogens is 4. The molecule has 4 heterocycles. The number of fused-ring (bicyclic) bond motifs is 2. The van der Waals surface area contributed by atoms with Gasteiger partial charge in [0.15, 0.2) is 5.65 Å². The van der Waals surface area contributed by atoms with Crippen LogP contribution in [0.25, 0.3) is 5.65 Å². The molecule has 0 N–H and O–H groups in total. The zero-order valence-corrected chi connectivity index (χ0v) is 21.7. The second kappa shape index (κ2) is 8.95. The third kappa shape index (κ3) is 4.42. The number of pyridine rings is 2. The Balaban J connectivity index is 1.29. The summed E-state index contributed by atoms with van der Waals surface area (Å²) >= 11 is 0. The molecule has 1 saturated carbocycles. The summed E-state index contributed by atoms with van der Waals surface area (Å²) in [6.07, 6.45) is 3.14. The molecule has 1 aliphatic heterocycles. The largest absolute Gasteiger partial charge is 0.469 e. The van der Waals surface area contributed by atoms with E-state index < -0.39 is 17.4 Å². The van der Waals surface area contributed by atoms with E-state index in [1.54, 1.807) is 12.4 Å². The molecule has 0 bridgehead atoms. The molecule has 1 atom stereocenters. The molecule has 1 spiro atoms. The molecule has 192 valence electrons. The monoisotopic (exact) mass is 523 g/mol. The molecule has 0 radical (unpaired) electrons. The van der Waals surface area contributed by atoms with Crippen molar-refractivity contribution in [1.29, 1.82) is 0 Å². The molecule has 37 heavy (non-hydrogen) atoms. The Bertz CT molecular complexity index is 1550. The fourth-order valence-corrected chi connectivity index (χ4v) is 6.31. The van der Waals surface area contributed by atoms with E-state index in [2.05, 4.69) is 40.3 Å². The highest BCUT2D eigenvalue weighted by molar-refractivity contribution is 7.82. The fraction of sp³-hybridized carbons (Fsp3) is 0.370. The molecule has 3 aromatic heterocycles. The van der Waals surface area contributed by atoms with Gasteiger partial charge in [-0.2, -0.15) is 0 Å². The van der Waals surface area contributed by atoms with E-state index in [0.717, 1.165) is 46.2 Å². The van der Waals surface area contributed by atoms with E-state index in [9.17, 15) is 13.0 Å². The zero-order valence-electron chi connectivity index (χ0n) is 20.9. The van der Waals surface area contributed by atoms with E-state index in [1.807, 2.05) is 30.3 Å². The number of hydrogen-bond acceptors (Lipinski definition) is 5. The number of benzene rings is 1. The predicted octanol–water partition coefficient (Wildman–Crippen LogP) is 5.03. The number of hydrogen-bond donors (Lipinski definition) is 0. The number of halogens is 2. The highest BCUT2D eigenvalue weighted by Gasteiger charge is 2.50. The molecule has 1 fully saturated rings. The van der Waals surface area contributed by atoms with Crippen LogP contribution in [0.3, 0.4) is 0 Å². The van der Waals surface area contributed by atoms with Gasteiger partial charge >= 0.3 is 0 Å². The second-order valence-electron chi connectivity index (χ2n) is 10.1. The molecule has 2 aliphatic rings. The topological polar surface area (TPSA) is 72.6 Å². The first-order chi connectivity index (χ1) is 17.7. The number of ether oxygens (including phenoxy) is 1. The van der Waals surface area contributed by atoms with E-state index >= 15 is 0 Å². The van der Waals surface area contributed by atoms with Gasteiger partial charge in [-0.25, -0.2) is 22.3 Å². The van der Waals surface area contributed by atoms with Crippen molar-refractivity contribution in [2.45, 2.75) is 63.5 Å². The van der Waals surface area contributed by atoms with Gasteiger partial charge in [-0.3, -0.25) is 4.40 Å². The van der Waals surface area contributed by atoms with Gasteiger partial charge in [-0.15, -0.1) is 10.2 Å². The number of rotatable bonds is 5. The summed E-state index contributed by atoms with van der Waals surface area (Å²) in [6, 6.07) is 10.0. The van der Waals surface area contributed by atoms with Crippen molar-refractivity contribution in [3.63, 3.8) is 0 Å². The molecular formula is C27H27F2N5O2S. The van der Waals surface area contributed by atoms with Crippen molar-refractivity contribution in [2.75, 3.05) is 6.54 Å². The van der Waals surface area contributed by atoms with Gasteiger partial charge in [0.2, 0.25) is 11.7 Å². The average molecular weight is 524 g/mol. The van der Waals surface area contributed by atoms with Crippen molar-refractivity contribution in [3.8, 4) is 5.88 Å². The molecule has 4 aromatic rings. The van der Waals surface area contributed by atoms with E-state index in [1.165, 1.54) is 4.40 Å². The summed E-state index contributed by atoms with van der Waals surface area (Å²) in [5.41, 5.74) is 6.17. The summed E-state index contributed by atoms with van der Waals surface area (Å²) < 4.78 is 49.7. The summed E-state index contributed by atoms with van der Waals surface area (Å²) in [6.45, 7) is 6.97. The Labute approximate surface area is 216 Å². The lowest BCUT2D eigenvalue weighted by Crippen LogP contribution is -2.35. The lowest BCUT2D eigenvalue weighted by molar-refractivity contribution is 0.139. The van der Waals surface area contributed by atoms with Crippen LogP contribution in [0.4, 0.5) is 8.78 Å². The SMILES string of the molecule is Cc1cnc2c(c1)S(=O)N(Cc1cc(Cc3ccn4c(C(F)F)nnc4c3C)ccc1C)CC1(CC1)O2. The molecule has 7 nitrogen and oxygen atoms in total. The van der Waals surface area contributed by atoms with Gasteiger partial charge in [-0.05, 0) is 85.5 Å². The minimum absolute atomic E-state index is 0.323. The lowest BCUT2D eigenvalue weighted by atomic mass is 9.98. The molecular weight excluding hydrogens is 496 g/mol. The minimum atomic E-state index is -2.68. The van der Waals surface area contributed by atoms with Crippen molar-refractivity contribution in [1.82, 2.24) is 23.9 Å². The van der Waals surface area contributed by atoms with Gasteiger partial charge in [0.25, 0.3) is 6.43 Å². The third-order valence-electron chi connectivity index (χ3n) is 7.28. The highest BCUT2D eigenvalue weighted by atomic mass is 32.2. The van der Waals surface area contributed by atoms with Gasteiger partial charge in [-0.1, -0.05) is 18.2 Å². The Morgan fingerprint density at radius 1 is 1.11 bits per heavy atom. The van der Waals surface area contributed by atoms with E-state index in [4.69, 9.17) is 4.74 Å². The van der Waals surface area contributed by atoms with Crippen LogP contribution in [-0.2, 0) is 24.0 Å². The zero-order chi connectivity index (χ0) is 25.9. The van der Waals surface area contributed by atoms with Crippen LogP contribution in [-0.4, -0.2) is 40.2 Å². The summed E-state index contributed by atoms with van der Waals surface area (Å²) in [7, 11) is -1.39. The summed E-state index contributed by atoms with van der Waals surface area (Å²) in [5.74, 6) is 0.126. The lowest BCUT2D eigenvalue weighted by Gasteiger charge is -2.23. The fourth-order valence-electron chi connectivity index (χ4n) is 4.90. The van der Waals surface area contributed by atoms with Gasteiger partial charge < -0.3 is 4.74 Å². The number of nitrogens with zero attached hydrogens (tertiary/aromatic N) is 5. The summed E-state index contributed by atoms with van der Waals surface area (Å²) in [5, 5.41) is 7.65. The number of alkyl halides is 2. The standard InChI is InChI=1S/C27H27F2N5O2S/c1-16-10-22-26(30-13-16)36-27(7-8-27)15-33(37(22)35)14-21-12-19(5-4-17(21)2)11-20-6-9-34-24(18(20)3)31-32-25(34)23(28)29/h4-6,9-10,12-13,23H,7-8,11,14-15H2,1-3H3. The van der Waals surface area contributed by atoms with Crippen molar-refractivity contribution in [3.05, 3.63) is 81.9 Å². The molecule has 1 aliphatic carbocycles. The molecule has 6 rings (SSSR count). The Morgan fingerprint density at radius 3 is 2.68 bits per heavy atom. The predicted molar refractivity (Wildman–Crippen MR) is 135 cm³/mol. The molecule has 1 unspecified atom stereocenters. The van der Waals surface area contributed by atoms with Crippen LogP contribution >= 0.6 is 0 Å². The second-order valence-corrected chi connectivity index (χ2v) is 11.6. The normalized spacial score (nSPS) is 18.7. The van der Waals surface area contributed by atoms with Gasteiger partial charge in [0, 0.05) is 18.9 Å². The maximum absolute atomic E-state index is 13.7. The maximum atomic E-state index is 13.7. The van der Waals surface area contributed by atoms with Crippen LogP contribution in [0, 0.1) is 20.8 Å². The Kier molecular flexibility index (Phi) is 5.83. The van der Waals surface area contributed by atoms with Crippen LogP contribution in [0.5, 0.6) is 5.88 Å². The van der Waals surface area contributed by atoms with Gasteiger partial charge in [0.05, 0.1) is 6.54 Å². The van der Waals surface area contributed by atoms with E-state index in [0.29, 0.717) is 35.9 Å². The summed E-state index contributed by atoms with van der Waals surface area (Å²) in [4.78, 5) is 5.05.